The Morgan fingerprint density at radius 1 is 0.800 bits per heavy atom. The maximum absolute atomic E-state index is 2.40. The lowest BCUT2D eigenvalue weighted by atomic mass is 9.54. The van der Waals surface area contributed by atoms with Crippen molar-refractivity contribution in [3.8, 4) is 0 Å². The van der Waals surface area contributed by atoms with Crippen LogP contribution >= 0.6 is 0 Å². The number of hydrogen-bond donors (Lipinski definition) is 0. The second-order valence-electron chi connectivity index (χ2n) is 6.95. The first-order valence-corrected chi connectivity index (χ1v) is 6.06. The Balaban J connectivity index is 5.30. The van der Waals surface area contributed by atoms with Crippen molar-refractivity contribution < 1.29 is 0 Å². The van der Waals surface area contributed by atoms with Crippen molar-refractivity contribution in [2.75, 3.05) is 14.1 Å². The third kappa shape index (κ3) is 2.22. The zero-order valence-corrected chi connectivity index (χ0v) is 12.5. The average Bonchev–Trinajstić information content (AvgIpc) is 2.02. The molecule has 0 heterocycles. The van der Waals surface area contributed by atoms with Crippen LogP contribution < -0.4 is 0 Å². The molecule has 0 spiro atoms. The van der Waals surface area contributed by atoms with Gasteiger partial charge in [0.05, 0.1) is 0 Å². The van der Waals surface area contributed by atoms with Gasteiger partial charge in [0.1, 0.15) is 0 Å². The maximum atomic E-state index is 2.40. The summed E-state index contributed by atoms with van der Waals surface area (Å²) in [6.07, 6.45) is 0. The van der Waals surface area contributed by atoms with Gasteiger partial charge in [0, 0.05) is 5.54 Å². The highest BCUT2D eigenvalue weighted by Gasteiger charge is 2.50. The van der Waals surface area contributed by atoms with E-state index >= 15 is 0 Å². The molecule has 0 atom stereocenters. The first-order chi connectivity index (χ1) is 6.39. The summed E-state index contributed by atoms with van der Waals surface area (Å²) in [7, 11) is 4.36. The Morgan fingerprint density at radius 3 is 1.33 bits per heavy atom. The summed E-state index contributed by atoms with van der Waals surface area (Å²) in [6.45, 7) is 18.9. The zero-order valence-electron chi connectivity index (χ0n) is 12.5. The van der Waals surface area contributed by atoms with Gasteiger partial charge < -0.3 is 4.90 Å². The molecule has 15 heavy (non-hydrogen) atoms. The van der Waals surface area contributed by atoms with Gasteiger partial charge in [0.25, 0.3) is 0 Å². The van der Waals surface area contributed by atoms with Crippen LogP contribution in [-0.4, -0.2) is 24.5 Å². The molecule has 0 aliphatic rings. The van der Waals surface area contributed by atoms with Crippen LogP contribution in [0.3, 0.4) is 0 Å². The molecular formula is C14H31N. The molecule has 0 N–H and O–H groups in total. The van der Waals surface area contributed by atoms with Crippen LogP contribution in [-0.2, 0) is 0 Å². The molecule has 0 aliphatic heterocycles. The van der Waals surface area contributed by atoms with Gasteiger partial charge >= 0.3 is 0 Å². The van der Waals surface area contributed by atoms with E-state index in [1.807, 2.05) is 0 Å². The first-order valence-electron chi connectivity index (χ1n) is 6.06. The van der Waals surface area contributed by atoms with Crippen LogP contribution in [0.5, 0.6) is 0 Å². The fourth-order valence-electron chi connectivity index (χ4n) is 2.07. The molecule has 0 rings (SSSR count). The van der Waals surface area contributed by atoms with Crippen LogP contribution in [0.2, 0.25) is 0 Å². The van der Waals surface area contributed by atoms with Crippen molar-refractivity contribution in [1.82, 2.24) is 4.90 Å². The lowest BCUT2D eigenvalue weighted by Crippen LogP contribution is -2.58. The number of hydrogen-bond acceptors (Lipinski definition) is 1. The van der Waals surface area contributed by atoms with Gasteiger partial charge in [-0.2, -0.15) is 0 Å². The molecule has 0 saturated carbocycles. The SMILES string of the molecule is CC(C)C(C)(C)C(C)(C)C(C)(C)N(C)C. The van der Waals surface area contributed by atoms with E-state index in [1.54, 1.807) is 0 Å². The average molecular weight is 213 g/mol. The Hall–Kier alpha value is -0.0400. The van der Waals surface area contributed by atoms with Crippen molar-refractivity contribution in [3.63, 3.8) is 0 Å². The standard InChI is InChI=1S/C14H31N/c1-11(2)12(3,4)13(5,6)14(7,8)15(9)10/h11H,1-10H3. The second-order valence-corrected chi connectivity index (χ2v) is 6.95. The van der Waals surface area contributed by atoms with Crippen molar-refractivity contribution in [3.05, 3.63) is 0 Å². The Labute approximate surface area is 97.2 Å². The fourth-order valence-corrected chi connectivity index (χ4v) is 2.07. The van der Waals surface area contributed by atoms with Gasteiger partial charge in [-0.15, -0.1) is 0 Å². The summed E-state index contributed by atoms with van der Waals surface area (Å²) in [5.41, 5.74) is 0.777. The minimum absolute atomic E-state index is 0.195. The molecule has 0 saturated heterocycles. The summed E-state index contributed by atoms with van der Waals surface area (Å²) in [6, 6.07) is 0. The summed E-state index contributed by atoms with van der Waals surface area (Å²) >= 11 is 0. The highest BCUT2D eigenvalue weighted by molar-refractivity contribution is 5.02. The summed E-state index contributed by atoms with van der Waals surface area (Å²) in [4.78, 5) is 2.34. The molecule has 0 aromatic carbocycles. The molecule has 0 amide bonds. The second kappa shape index (κ2) is 4.08. The van der Waals surface area contributed by atoms with E-state index in [9.17, 15) is 0 Å². The predicted molar refractivity (Wildman–Crippen MR) is 70.2 cm³/mol. The summed E-state index contributed by atoms with van der Waals surface area (Å²) < 4.78 is 0. The monoisotopic (exact) mass is 213 g/mol. The van der Waals surface area contributed by atoms with E-state index in [0.29, 0.717) is 11.3 Å². The molecule has 0 bridgehead atoms. The third-order valence-corrected chi connectivity index (χ3v) is 5.70. The number of rotatable bonds is 4. The largest absolute Gasteiger partial charge is 0.304 e. The van der Waals surface area contributed by atoms with Crippen molar-refractivity contribution >= 4 is 0 Å². The quantitative estimate of drug-likeness (QED) is 0.681. The Bertz CT molecular complexity index is 187. The van der Waals surface area contributed by atoms with Crippen molar-refractivity contribution in [2.24, 2.45) is 16.7 Å². The van der Waals surface area contributed by atoms with E-state index in [-0.39, 0.29) is 11.0 Å². The topological polar surface area (TPSA) is 3.24 Å². The van der Waals surface area contributed by atoms with E-state index in [2.05, 4.69) is 74.4 Å². The van der Waals surface area contributed by atoms with Gasteiger partial charge in [-0.05, 0) is 44.7 Å². The fraction of sp³-hybridized carbons (Fsp3) is 1.00. The van der Waals surface area contributed by atoms with Gasteiger partial charge in [0.15, 0.2) is 0 Å². The van der Waals surface area contributed by atoms with Gasteiger partial charge in [-0.25, -0.2) is 0 Å². The molecule has 0 aromatic heterocycles. The van der Waals surface area contributed by atoms with E-state index < -0.39 is 0 Å². The molecule has 1 nitrogen and oxygen atoms in total. The highest BCUT2D eigenvalue weighted by atomic mass is 15.1. The molecule has 0 aromatic rings. The lowest BCUT2D eigenvalue weighted by Gasteiger charge is -2.56. The van der Waals surface area contributed by atoms with E-state index in [4.69, 9.17) is 0 Å². The molecule has 0 unspecified atom stereocenters. The van der Waals surface area contributed by atoms with Crippen LogP contribution in [0.4, 0.5) is 0 Å². The predicted octanol–water partition coefficient (Wildman–Crippen LogP) is 4.04. The molecule has 0 aliphatic carbocycles. The van der Waals surface area contributed by atoms with Crippen molar-refractivity contribution in [2.45, 2.75) is 60.9 Å². The van der Waals surface area contributed by atoms with Crippen LogP contribution in [0.15, 0.2) is 0 Å². The maximum Gasteiger partial charge on any atom is 0.0203 e. The smallest absolute Gasteiger partial charge is 0.0203 e. The summed E-state index contributed by atoms with van der Waals surface area (Å²) in [5, 5.41) is 0. The van der Waals surface area contributed by atoms with Crippen molar-refractivity contribution in [1.29, 1.82) is 0 Å². The summed E-state index contributed by atoms with van der Waals surface area (Å²) in [5.74, 6) is 0.687. The Kier molecular flexibility index (Phi) is 4.07. The Morgan fingerprint density at radius 2 is 1.13 bits per heavy atom. The first kappa shape index (κ1) is 15.0. The minimum Gasteiger partial charge on any atom is -0.304 e. The van der Waals surface area contributed by atoms with Gasteiger partial charge in [-0.3, -0.25) is 0 Å². The third-order valence-electron chi connectivity index (χ3n) is 5.70. The zero-order chi connectivity index (χ0) is 12.7. The van der Waals surface area contributed by atoms with Gasteiger partial charge in [0.2, 0.25) is 0 Å². The van der Waals surface area contributed by atoms with E-state index in [0.717, 1.165) is 0 Å². The van der Waals surface area contributed by atoms with E-state index in [1.165, 1.54) is 0 Å². The van der Waals surface area contributed by atoms with Crippen LogP contribution in [0.25, 0.3) is 0 Å². The molecule has 1 heteroatoms. The minimum atomic E-state index is 0.195. The van der Waals surface area contributed by atoms with Crippen LogP contribution in [0, 0.1) is 16.7 Å². The van der Waals surface area contributed by atoms with Crippen LogP contribution in [0.1, 0.15) is 55.4 Å². The molecule has 0 fully saturated rings. The lowest BCUT2D eigenvalue weighted by molar-refractivity contribution is -0.0653. The normalized spacial score (nSPS) is 15.2. The number of nitrogens with zero attached hydrogens (tertiary/aromatic N) is 1. The molecule has 92 valence electrons. The highest BCUT2D eigenvalue weighted by Crippen LogP contribution is 2.52. The molecular weight excluding hydrogens is 182 g/mol. The van der Waals surface area contributed by atoms with Gasteiger partial charge in [-0.1, -0.05) is 41.5 Å². The molecule has 0 radical (unpaired) electrons.